The first-order valence-electron chi connectivity index (χ1n) is 5.53. The Morgan fingerprint density at radius 3 is 2.71 bits per heavy atom. The van der Waals surface area contributed by atoms with E-state index in [-0.39, 0.29) is 0 Å². The van der Waals surface area contributed by atoms with E-state index in [2.05, 4.69) is 48.3 Å². The predicted octanol–water partition coefficient (Wildman–Crippen LogP) is 1.18. The molecule has 2 nitrogen and oxygen atoms in total. The topological polar surface area (TPSA) is 6.48 Å². The summed E-state index contributed by atoms with van der Waals surface area (Å²) in [5.74, 6) is 2.40. The fourth-order valence-electron chi connectivity index (χ4n) is 3.31. The van der Waals surface area contributed by atoms with Crippen molar-refractivity contribution in [3.05, 3.63) is 24.4 Å². The van der Waals surface area contributed by atoms with Gasteiger partial charge in [-0.1, -0.05) is 18.2 Å². The van der Waals surface area contributed by atoms with Gasteiger partial charge in [0.2, 0.25) is 0 Å². The second kappa shape index (κ2) is 2.86. The number of piperidine rings is 1. The van der Waals surface area contributed by atoms with Crippen LogP contribution in [-0.4, -0.2) is 43.0 Å². The maximum atomic E-state index is 2.50. The molecule has 0 aromatic carbocycles. The third kappa shape index (κ3) is 1.07. The molecule has 1 saturated heterocycles. The summed E-state index contributed by atoms with van der Waals surface area (Å²) in [6.07, 6.45) is 9.51. The SMILES string of the molecule is CN1C=CC2C(C1)C1C=CC2N(C)C1. The normalized spacial score (nSPS) is 45.7. The zero-order valence-electron chi connectivity index (χ0n) is 8.93. The third-order valence-electron chi connectivity index (χ3n) is 4.06. The maximum absolute atomic E-state index is 2.50. The summed E-state index contributed by atoms with van der Waals surface area (Å²) in [4.78, 5) is 4.83. The van der Waals surface area contributed by atoms with E-state index in [1.54, 1.807) is 0 Å². The molecular formula is C12H18N2. The summed E-state index contributed by atoms with van der Waals surface area (Å²) in [6.45, 7) is 2.49. The van der Waals surface area contributed by atoms with Crippen LogP contribution in [0.2, 0.25) is 0 Å². The van der Waals surface area contributed by atoms with Gasteiger partial charge in [-0.05, 0) is 25.1 Å². The van der Waals surface area contributed by atoms with Crippen LogP contribution in [0.5, 0.6) is 0 Å². The number of fused-ring (bicyclic) bond motifs is 1. The molecule has 3 aliphatic heterocycles. The molecule has 0 N–H and O–H groups in total. The molecule has 4 atom stereocenters. The van der Waals surface area contributed by atoms with Crippen LogP contribution in [-0.2, 0) is 0 Å². The van der Waals surface area contributed by atoms with Crippen LogP contribution < -0.4 is 0 Å². The lowest BCUT2D eigenvalue weighted by molar-refractivity contribution is 0.0513. The van der Waals surface area contributed by atoms with E-state index in [0.717, 1.165) is 17.8 Å². The molecule has 76 valence electrons. The van der Waals surface area contributed by atoms with Crippen molar-refractivity contribution in [2.75, 3.05) is 27.2 Å². The minimum atomic E-state index is 0.662. The maximum Gasteiger partial charge on any atom is 0.0342 e. The third-order valence-corrected chi connectivity index (χ3v) is 4.06. The Balaban J connectivity index is 1.95. The summed E-state index contributed by atoms with van der Waals surface area (Å²) in [7, 11) is 4.44. The van der Waals surface area contributed by atoms with E-state index in [0.29, 0.717) is 6.04 Å². The smallest absolute Gasteiger partial charge is 0.0342 e. The molecule has 0 radical (unpaired) electrons. The van der Waals surface area contributed by atoms with Gasteiger partial charge in [-0.25, -0.2) is 0 Å². The second-order valence-corrected chi connectivity index (χ2v) is 5.00. The van der Waals surface area contributed by atoms with Gasteiger partial charge in [0, 0.05) is 32.1 Å². The Labute approximate surface area is 85.9 Å². The van der Waals surface area contributed by atoms with E-state index < -0.39 is 0 Å². The first-order valence-corrected chi connectivity index (χ1v) is 5.53. The molecule has 0 aromatic heterocycles. The molecule has 1 fully saturated rings. The zero-order chi connectivity index (χ0) is 9.71. The molecule has 4 aliphatic rings. The summed E-state index contributed by atoms with van der Waals surface area (Å²) >= 11 is 0. The van der Waals surface area contributed by atoms with Crippen molar-refractivity contribution in [2.24, 2.45) is 17.8 Å². The first-order chi connectivity index (χ1) is 6.75. The van der Waals surface area contributed by atoms with Crippen molar-refractivity contribution in [1.82, 2.24) is 9.80 Å². The van der Waals surface area contributed by atoms with E-state index in [1.807, 2.05) is 0 Å². The molecule has 1 aliphatic carbocycles. The van der Waals surface area contributed by atoms with Crippen molar-refractivity contribution < 1.29 is 0 Å². The Hall–Kier alpha value is -0.760. The highest BCUT2D eigenvalue weighted by Crippen LogP contribution is 2.41. The lowest BCUT2D eigenvalue weighted by Gasteiger charge is -2.51. The molecule has 0 spiro atoms. The summed E-state index contributed by atoms with van der Waals surface area (Å²) in [6, 6.07) is 0.662. The quantitative estimate of drug-likeness (QED) is 0.529. The van der Waals surface area contributed by atoms with E-state index in [9.17, 15) is 0 Å². The molecule has 4 unspecified atom stereocenters. The molecule has 2 bridgehead atoms. The standard InChI is InChI=1S/C12H18N2/c1-13-6-5-10-11(8-13)9-3-4-12(10)14(2)7-9/h3-6,9-12H,7-8H2,1-2H3. The highest BCUT2D eigenvalue weighted by molar-refractivity contribution is 5.20. The van der Waals surface area contributed by atoms with Gasteiger partial charge in [0.15, 0.2) is 0 Å². The van der Waals surface area contributed by atoms with Crippen LogP contribution in [0.3, 0.4) is 0 Å². The summed E-state index contributed by atoms with van der Waals surface area (Å²) in [5, 5.41) is 0. The van der Waals surface area contributed by atoms with Crippen molar-refractivity contribution in [1.29, 1.82) is 0 Å². The Morgan fingerprint density at radius 2 is 1.93 bits per heavy atom. The highest BCUT2D eigenvalue weighted by atomic mass is 15.2. The van der Waals surface area contributed by atoms with Gasteiger partial charge in [-0.2, -0.15) is 0 Å². The minimum Gasteiger partial charge on any atom is -0.380 e. The van der Waals surface area contributed by atoms with E-state index >= 15 is 0 Å². The van der Waals surface area contributed by atoms with Crippen LogP contribution in [0, 0.1) is 17.8 Å². The molecular weight excluding hydrogens is 172 g/mol. The van der Waals surface area contributed by atoms with Crippen LogP contribution in [0.15, 0.2) is 24.4 Å². The lowest BCUT2D eigenvalue weighted by Crippen LogP contribution is -2.56. The number of nitrogens with zero attached hydrogens (tertiary/aromatic N) is 2. The predicted molar refractivity (Wildman–Crippen MR) is 57.8 cm³/mol. The van der Waals surface area contributed by atoms with Crippen LogP contribution in [0.4, 0.5) is 0 Å². The molecule has 0 saturated carbocycles. The monoisotopic (exact) mass is 190 g/mol. The fourth-order valence-corrected chi connectivity index (χ4v) is 3.31. The van der Waals surface area contributed by atoms with Gasteiger partial charge >= 0.3 is 0 Å². The Morgan fingerprint density at radius 1 is 1.07 bits per heavy atom. The average molecular weight is 190 g/mol. The van der Waals surface area contributed by atoms with Crippen LogP contribution >= 0.6 is 0 Å². The highest BCUT2D eigenvalue weighted by Gasteiger charge is 2.43. The molecule has 2 heteroatoms. The molecule has 14 heavy (non-hydrogen) atoms. The second-order valence-electron chi connectivity index (χ2n) is 5.00. The van der Waals surface area contributed by atoms with E-state index in [1.165, 1.54) is 13.1 Å². The zero-order valence-corrected chi connectivity index (χ0v) is 8.93. The van der Waals surface area contributed by atoms with E-state index in [4.69, 9.17) is 0 Å². The number of hydrogen-bond donors (Lipinski definition) is 0. The Kier molecular flexibility index (Phi) is 1.75. The fraction of sp³-hybridized carbons (Fsp3) is 0.667. The van der Waals surface area contributed by atoms with Gasteiger partial charge in [0.1, 0.15) is 0 Å². The number of rotatable bonds is 0. The summed E-state index contributed by atoms with van der Waals surface area (Å²) in [5.41, 5.74) is 0. The first kappa shape index (κ1) is 8.54. The minimum absolute atomic E-state index is 0.662. The average Bonchev–Trinajstić information content (AvgIpc) is 2.18. The van der Waals surface area contributed by atoms with Crippen molar-refractivity contribution in [3.63, 3.8) is 0 Å². The van der Waals surface area contributed by atoms with Crippen LogP contribution in [0.25, 0.3) is 0 Å². The van der Waals surface area contributed by atoms with Gasteiger partial charge in [0.25, 0.3) is 0 Å². The molecule has 0 aromatic rings. The van der Waals surface area contributed by atoms with Gasteiger partial charge in [-0.3, -0.25) is 4.90 Å². The summed E-state index contributed by atoms with van der Waals surface area (Å²) < 4.78 is 0. The molecule has 0 amide bonds. The van der Waals surface area contributed by atoms with Gasteiger partial charge in [-0.15, -0.1) is 0 Å². The van der Waals surface area contributed by atoms with Gasteiger partial charge in [0.05, 0.1) is 0 Å². The number of likely N-dealkylation sites (N-methyl/N-ethyl adjacent to an activating group) is 1. The van der Waals surface area contributed by atoms with Crippen molar-refractivity contribution in [3.8, 4) is 0 Å². The van der Waals surface area contributed by atoms with Crippen molar-refractivity contribution in [2.45, 2.75) is 6.04 Å². The van der Waals surface area contributed by atoms with Gasteiger partial charge < -0.3 is 4.90 Å². The lowest BCUT2D eigenvalue weighted by atomic mass is 9.68. The Bertz CT molecular complexity index is 295. The largest absolute Gasteiger partial charge is 0.380 e. The number of hydrogen-bond acceptors (Lipinski definition) is 2. The van der Waals surface area contributed by atoms with Crippen LogP contribution in [0.1, 0.15) is 0 Å². The molecule has 3 heterocycles. The molecule has 4 rings (SSSR count). The van der Waals surface area contributed by atoms with Crippen molar-refractivity contribution >= 4 is 0 Å².